The number of thioether (sulfide) groups is 1. The van der Waals surface area contributed by atoms with Gasteiger partial charge in [-0.25, -0.2) is 4.98 Å². The molecule has 4 aromatic rings. The van der Waals surface area contributed by atoms with Gasteiger partial charge in [-0.2, -0.15) is 0 Å². The Morgan fingerprint density at radius 1 is 1.06 bits per heavy atom. The molecule has 5 rings (SSSR count). The zero-order valence-electron chi connectivity index (χ0n) is 17.9. The van der Waals surface area contributed by atoms with Gasteiger partial charge in [0, 0.05) is 42.9 Å². The zero-order valence-corrected chi connectivity index (χ0v) is 18.7. The third-order valence-corrected chi connectivity index (χ3v) is 6.63. The number of rotatable bonds is 6. The highest BCUT2D eigenvalue weighted by atomic mass is 32.2. The molecular formula is C24H24N4O3S. The number of fused-ring (bicyclic) bond motifs is 1. The maximum Gasteiger partial charge on any atom is 0.255 e. The molecule has 32 heavy (non-hydrogen) atoms. The van der Waals surface area contributed by atoms with Crippen LogP contribution in [-0.2, 0) is 12.3 Å². The molecule has 0 saturated carbocycles. The summed E-state index contributed by atoms with van der Waals surface area (Å²) in [6.45, 7) is 5.47. The van der Waals surface area contributed by atoms with Gasteiger partial charge in [-0.1, -0.05) is 29.4 Å². The van der Waals surface area contributed by atoms with Crippen molar-refractivity contribution in [2.45, 2.75) is 24.1 Å². The Morgan fingerprint density at radius 3 is 2.62 bits per heavy atom. The van der Waals surface area contributed by atoms with Crippen molar-refractivity contribution < 1.29 is 13.7 Å². The van der Waals surface area contributed by atoms with Gasteiger partial charge >= 0.3 is 0 Å². The number of para-hydroxylation sites is 2. The second-order valence-electron chi connectivity index (χ2n) is 7.86. The number of aryl methyl sites for hydroxylation is 1. The zero-order chi connectivity index (χ0) is 21.9. The van der Waals surface area contributed by atoms with Crippen LogP contribution in [0.3, 0.4) is 0 Å². The summed E-state index contributed by atoms with van der Waals surface area (Å²) in [6, 6.07) is 17.5. The molecule has 3 heterocycles. The molecule has 1 amide bonds. The highest BCUT2D eigenvalue weighted by molar-refractivity contribution is 7.98. The van der Waals surface area contributed by atoms with E-state index in [1.165, 1.54) is 0 Å². The molecule has 0 unspecified atom stereocenters. The van der Waals surface area contributed by atoms with E-state index in [1.807, 2.05) is 66.4 Å². The fourth-order valence-electron chi connectivity index (χ4n) is 3.87. The smallest absolute Gasteiger partial charge is 0.255 e. The van der Waals surface area contributed by atoms with E-state index in [2.05, 4.69) is 15.0 Å². The molecule has 0 radical (unpaired) electrons. The predicted molar refractivity (Wildman–Crippen MR) is 122 cm³/mol. The number of hydrogen-bond donors (Lipinski definition) is 0. The third-order valence-electron chi connectivity index (χ3n) is 5.53. The number of piperazine rings is 1. The fraction of sp³-hybridized carbons (Fsp3) is 0.292. The molecule has 8 heteroatoms. The van der Waals surface area contributed by atoms with Gasteiger partial charge in [-0.15, -0.1) is 11.8 Å². The first-order chi connectivity index (χ1) is 15.7. The van der Waals surface area contributed by atoms with E-state index in [4.69, 9.17) is 8.94 Å². The largest absolute Gasteiger partial charge is 0.439 e. The number of oxazole rings is 1. The van der Waals surface area contributed by atoms with Gasteiger partial charge in [0.2, 0.25) is 5.89 Å². The first-order valence-corrected chi connectivity index (χ1v) is 11.6. The highest BCUT2D eigenvalue weighted by Gasteiger charge is 2.25. The minimum absolute atomic E-state index is 0.0749. The van der Waals surface area contributed by atoms with Crippen LogP contribution in [0.2, 0.25) is 0 Å². The summed E-state index contributed by atoms with van der Waals surface area (Å²) in [5.74, 6) is 2.25. The number of aromatic nitrogens is 2. The molecule has 2 aromatic heterocycles. The van der Waals surface area contributed by atoms with Crippen LogP contribution >= 0.6 is 11.8 Å². The van der Waals surface area contributed by atoms with Crippen molar-refractivity contribution in [1.29, 1.82) is 0 Å². The average Bonchev–Trinajstić information content (AvgIpc) is 3.43. The molecule has 164 valence electrons. The van der Waals surface area contributed by atoms with Crippen LogP contribution in [-0.4, -0.2) is 52.0 Å². The van der Waals surface area contributed by atoms with Gasteiger partial charge in [0.05, 0.1) is 17.8 Å². The van der Waals surface area contributed by atoms with Gasteiger partial charge in [0.25, 0.3) is 5.91 Å². The fourth-order valence-corrected chi connectivity index (χ4v) is 4.79. The molecule has 1 fully saturated rings. The Bertz CT molecular complexity index is 1190. The number of amides is 1. The van der Waals surface area contributed by atoms with E-state index in [9.17, 15) is 4.79 Å². The first-order valence-electron chi connectivity index (χ1n) is 10.7. The molecule has 7 nitrogen and oxygen atoms in total. The molecule has 0 aliphatic carbocycles. The van der Waals surface area contributed by atoms with E-state index in [0.717, 1.165) is 52.0 Å². The lowest BCUT2D eigenvalue weighted by molar-refractivity contribution is 0.0615. The van der Waals surface area contributed by atoms with E-state index in [1.54, 1.807) is 11.8 Å². The Morgan fingerprint density at radius 2 is 1.84 bits per heavy atom. The maximum absolute atomic E-state index is 13.2. The number of benzene rings is 2. The summed E-state index contributed by atoms with van der Waals surface area (Å²) < 4.78 is 11.0. The van der Waals surface area contributed by atoms with Crippen LogP contribution in [0, 0.1) is 6.92 Å². The number of carbonyl (C=O) groups is 1. The van der Waals surface area contributed by atoms with Crippen molar-refractivity contribution in [3.05, 3.63) is 77.5 Å². The van der Waals surface area contributed by atoms with Crippen LogP contribution < -0.4 is 0 Å². The molecule has 1 saturated heterocycles. The summed E-state index contributed by atoms with van der Waals surface area (Å²) in [5, 5.41) is 4.04. The molecule has 1 aliphatic rings. The molecule has 0 bridgehead atoms. The third kappa shape index (κ3) is 4.56. The van der Waals surface area contributed by atoms with Crippen molar-refractivity contribution in [3.63, 3.8) is 0 Å². The van der Waals surface area contributed by atoms with Crippen LogP contribution in [0.25, 0.3) is 11.1 Å². The first kappa shape index (κ1) is 20.8. The van der Waals surface area contributed by atoms with Gasteiger partial charge in [0.1, 0.15) is 11.3 Å². The topological polar surface area (TPSA) is 75.6 Å². The quantitative estimate of drug-likeness (QED) is 0.405. The Kier molecular flexibility index (Phi) is 5.96. The van der Waals surface area contributed by atoms with Gasteiger partial charge in [-0.05, 0) is 31.2 Å². The Balaban J connectivity index is 1.20. The van der Waals surface area contributed by atoms with E-state index < -0.39 is 0 Å². The van der Waals surface area contributed by atoms with Crippen molar-refractivity contribution in [2.24, 2.45) is 0 Å². The number of carbonyl (C=O) groups excluding carboxylic acids is 1. The van der Waals surface area contributed by atoms with Gasteiger partial charge < -0.3 is 13.8 Å². The summed E-state index contributed by atoms with van der Waals surface area (Å²) >= 11 is 1.61. The summed E-state index contributed by atoms with van der Waals surface area (Å²) in [4.78, 5) is 23.0. The van der Waals surface area contributed by atoms with Crippen molar-refractivity contribution in [3.8, 4) is 0 Å². The molecule has 2 aromatic carbocycles. The standard InChI is InChI=1S/C24H24N4O3S/c1-17-14-18(26-31-17)16-32-22-9-5-2-6-19(22)24(29)28-12-10-27(11-13-28)15-23-25-20-7-3-4-8-21(20)30-23/h2-9,14H,10-13,15-16H2,1H3. The molecule has 0 atom stereocenters. The SMILES string of the molecule is Cc1cc(CSc2ccccc2C(=O)N2CCN(Cc3nc4ccccc4o3)CC2)no1. The maximum atomic E-state index is 13.2. The Labute approximate surface area is 190 Å². The molecule has 1 aliphatic heterocycles. The number of nitrogens with zero attached hydrogens (tertiary/aromatic N) is 4. The van der Waals surface area contributed by atoms with Crippen molar-refractivity contribution >= 4 is 28.8 Å². The van der Waals surface area contributed by atoms with Crippen LogP contribution in [0.4, 0.5) is 0 Å². The van der Waals surface area contributed by atoms with E-state index >= 15 is 0 Å². The second-order valence-corrected chi connectivity index (χ2v) is 8.87. The lowest BCUT2D eigenvalue weighted by atomic mass is 10.2. The van der Waals surface area contributed by atoms with Crippen molar-refractivity contribution in [1.82, 2.24) is 19.9 Å². The molecular weight excluding hydrogens is 424 g/mol. The van der Waals surface area contributed by atoms with Gasteiger partial charge in [-0.3, -0.25) is 9.69 Å². The minimum atomic E-state index is 0.0749. The summed E-state index contributed by atoms with van der Waals surface area (Å²) in [6.07, 6.45) is 0. The normalized spacial score (nSPS) is 14.8. The highest BCUT2D eigenvalue weighted by Crippen LogP contribution is 2.27. The van der Waals surface area contributed by atoms with Crippen LogP contribution in [0.15, 0.2) is 68.4 Å². The average molecular weight is 449 g/mol. The number of hydrogen-bond acceptors (Lipinski definition) is 7. The van der Waals surface area contributed by atoms with Crippen LogP contribution in [0.1, 0.15) is 27.7 Å². The predicted octanol–water partition coefficient (Wildman–Crippen LogP) is 4.37. The lowest BCUT2D eigenvalue weighted by Crippen LogP contribution is -2.48. The van der Waals surface area contributed by atoms with E-state index in [0.29, 0.717) is 25.4 Å². The second kappa shape index (κ2) is 9.18. The van der Waals surface area contributed by atoms with Gasteiger partial charge in [0.15, 0.2) is 5.58 Å². The minimum Gasteiger partial charge on any atom is -0.439 e. The summed E-state index contributed by atoms with van der Waals surface area (Å²) in [7, 11) is 0. The van der Waals surface area contributed by atoms with Crippen molar-refractivity contribution in [2.75, 3.05) is 26.2 Å². The monoisotopic (exact) mass is 448 g/mol. The lowest BCUT2D eigenvalue weighted by Gasteiger charge is -2.34. The van der Waals surface area contributed by atoms with E-state index in [-0.39, 0.29) is 5.91 Å². The molecule has 0 spiro atoms. The molecule has 0 N–H and O–H groups in total. The summed E-state index contributed by atoms with van der Waals surface area (Å²) in [5.41, 5.74) is 3.31. The van der Waals surface area contributed by atoms with Crippen LogP contribution in [0.5, 0.6) is 0 Å². The Hall–Kier alpha value is -3.10.